The number of carboxylic acids is 1. The largest absolute Gasteiger partial charge is 0.481 e. The average molecular weight is 253 g/mol. The van der Waals surface area contributed by atoms with Gasteiger partial charge in [0, 0.05) is 12.4 Å². The van der Waals surface area contributed by atoms with Gasteiger partial charge in [0.1, 0.15) is 0 Å². The van der Waals surface area contributed by atoms with Gasteiger partial charge in [-0.3, -0.25) is 4.79 Å². The summed E-state index contributed by atoms with van der Waals surface area (Å²) in [5, 5.41) is 8.84. The third-order valence-corrected chi connectivity index (χ3v) is 2.63. The van der Waals surface area contributed by atoms with Crippen LogP contribution in [0.1, 0.15) is 43.1 Å². The Labute approximate surface area is 106 Å². The molecule has 100 valence electrons. The fourth-order valence-electron chi connectivity index (χ4n) is 1.93. The number of aliphatic carboxylic acids is 1. The molecule has 18 heavy (non-hydrogen) atoms. The fourth-order valence-corrected chi connectivity index (χ4v) is 1.93. The predicted molar refractivity (Wildman–Crippen MR) is 66.5 cm³/mol. The Morgan fingerprint density at radius 1 is 1.39 bits per heavy atom. The van der Waals surface area contributed by atoms with Gasteiger partial charge in [-0.2, -0.15) is 0 Å². The lowest BCUT2D eigenvalue weighted by Crippen LogP contribution is -2.20. The lowest BCUT2D eigenvalue weighted by molar-refractivity contribution is -0.139. The first-order chi connectivity index (χ1) is 8.35. The molecule has 0 aromatic carbocycles. The van der Waals surface area contributed by atoms with Crippen molar-refractivity contribution in [1.82, 2.24) is 4.98 Å². The first kappa shape index (κ1) is 14.3. The number of hydrogen-bond acceptors (Lipinski definition) is 3. The summed E-state index contributed by atoms with van der Waals surface area (Å²) in [4.78, 5) is 25.3. The van der Waals surface area contributed by atoms with Gasteiger partial charge >= 0.3 is 11.9 Å². The van der Waals surface area contributed by atoms with Crippen molar-refractivity contribution in [3.05, 3.63) is 23.5 Å². The number of carboxylic acid groups (broad SMARTS) is 1. The molecule has 5 heteroatoms. The van der Waals surface area contributed by atoms with E-state index in [-0.39, 0.29) is 12.4 Å². The van der Waals surface area contributed by atoms with Gasteiger partial charge in [-0.15, -0.1) is 0 Å². The van der Waals surface area contributed by atoms with Crippen LogP contribution in [-0.4, -0.2) is 28.6 Å². The Hall–Kier alpha value is -1.78. The summed E-state index contributed by atoms with van der Waals surface area (Å²) in [6, 6.07) is 0. The molecule has 0 bridgehead atoms. The lowest BCUT2D eigenvalue weighted by atomic mass is 9.82. The molecule has 2 N–H and O–H groups in total. The summed E-state index contributed by atoms with van der Waals surface area (Å²) in [6.07, 6.45) is 3.87. The first-order valence-corrected chi connectivity index (χ1v) is 5.90. The molecule has 1 aromatic heterocycles. The van der Waals surface area contributed by atoms with E-state index in [1.807, 2.05) is 13.8 Å². The highest BCUT2D eigenvalue weighted by Gasteiger charge is 2.25. The summed E-state index contributed by atoms with van der Waals surface area (Å²) in [5.41, 5.74) is 0.866. The highest BCUT2D eigenvalue weighted by Crippen LogP contribution is 2.27. The third kappa shape index (κ3) is 3.91. The number of carbonyl (C=O) groups excluding carboxylic acids is 1. The predicted octanol–water partition coefficient (Wildman–Crippen LogP) is 2.23. The number of carbonyl (C=O) groups is 2. The highest BCUT2D eigenvalue weighted by atomic mass is 16.5. The Bertz CT molecular complexity index is 434. The van der Waals surface area contributed by atoms with Crippen molar-refractivity contribution in [2.24, 2.45) is 5.41 Å². The van der Waals surface area contributed by atoms with Crippen molar-refractivity contribution >= 4 is 11.9 Å². The number of hydrogen-bond donors (Lipinski definition) is 2. The first-order valence-electron chi connectivity index (χ1n) is 5.90. The van der Waals surface area contributed by atoms with Gasteiger partial charge in [0.05, 0.1) is 18.6 Å². The van der Waals surface area contributed by atoms with Crippen LogP contribution < -0.4 is 0 Å². The number of ether oxygens (including phenoxy) is 1. The SMILES string of the molecule is CCOC(=O)c1c[nH]cc1CC(C)(C)CC(=O)O. The standard InChI is InChI=1S/C13H19NO4/c1-4-18-12(17)10-8-14-7-9(10)5-13(2,3)6-11(15)16/h7-8,14H,4-6H2,1-3H3,(H,15,16). The van der Waals surface area contributed by atoms with E-state index in [2.05, 4.69) is 4.98 Å². The second kappa shape index (κ2) is 5.71. The van der Waals surface area contributed by atoms with Gasteiger partial charge in [0.25, 0.3) is 0 Å². The van der Waals surface area contributed by atoms with E-state index in [0.717, 1.165) is 5.56 Å². The zero-order chi connectivity index (χ0) is 13.8. The van der Waals surface area contributed by atoms with Crippen LogP contribution in [0.15, 0.2) is 12.4 Å². The topological polar surface area (TPSA) is 79.4 Å². The van der Waals surface area contributed by atoms with Crippen molar-refractivity contribution < 1.29 is 19.4 Å². The Balaban J connectivity index is 2.82. The van der Waals surface area contributed by atoms with Crippen LogP contribution in [0.4, 0.5) is 0 Å². The molecular formula is C13H19NO4. The van der Waals surface area contributed by atoms with Crippen molar-refractivity contribution in [3.8, 4) is 0 Å². The number of H-pyrrole nitrogens is 1. The third-order valence-electron chi connectivity index (χ3n) is 2.63. The van der Waals surface area contributed by atoms with E-state index in [1.54, 1.807) is 19.3 Å². The van der Waals surface area contributed by atoms with Crippen LogP contribution in [0, 0.1) is 5.41 Å². The summed E-state index contributed by atoms with van der Waals surface area (Å²) in [5.74, 6) is -1.21. The molecule has 1 aromatic rings. The quantitative estimate of drug-likeness (QED) is 0.762. The molecule has 0 aliphatic carbocycles. The van der Waals surface area contributed by atoms with Gasteiger partial charge < -0.3 is 14.8 Å². The van der Waals surface area contributed by atoms with E-state index in [1.165, 1.54) is 0 Å². The van der Waals surface area contributed by atoms with Gasteiger partial charge in [0.15, 0.2) is 0 Å². The van der Waals surface area contributed by atoms with E-state index < -0.39 is 11.4 Å². The van der Waals surface area contributed by atoms with Crippen molar-refractivity contribution in [2.45, 2.75) is 33.6 Å². The molecule has 0 atom stereocenters. The summed E-state index contributed by atoms with van der Waals surface area (Å²) in [7, 11) is 0. The molecule has 0 aliphatic heterocycles. The van der Waals surface area contributed by atoms with Crippen molar-refractivity contribution in [3.63, 3.8) is 0 Å². The minimum atomic E-state index is -0.840. The Morgan fingerprint density at radius 2 is 2.06 bits per heavy atom. The summed E-state index contributed by atoms with van der Waals surface area (Å²) >= 11 is 0. The highest BCUT2D eigenvalue weighted by molar-refractivity contribution is 5.90. The molecule has 0 amide bonds. The normalized spacial score (nSPS) is 11.3. The maximum absolute atomic E-state index is 11.7. The van der Waals surface area contributed by atoms with Crippen LogP contribution in [0.25, 0.3) is 0 Å². The molecule has 1 rings (SSSR count). The molecule has 0 aliphatic rings. The molecular weight excluding hydrogens is 234 g/mol. The number of nitrogens with one attached hydrogen (secondary N) is 1. The molecule has 0 fully saturated rings. The average Bonchev–Trinajstić information content (AvgIpc) is 2.62. The minimum absolute atomic E-state index is 0.0560. The Kier molecular flexibility index (Phi) is 4.53. The molecule has 1 heterocycles. The maximum Gasteiger partial charge on any atom is 0.339 e. The molecule has 0 spiro atoms. The van der Waals surface area contributed by atoms with Crippen molar-refractivity contribution in [2.75, 3.05) is 6.61 Å². The molecule has 0 saturated carbocycles. The molecule has 0 unspecified atom stereocenters. The zero-order valence-electron chi connectivity index (χ0n) is 10.9. The molecule has 0 saturated heterocycles. The minimum Gasteiger partial charge on any atom is -0.481 e. The van der Waals surface area contributed by atoms with Gasteiger partial charge in [-0.1, -0.05) is 13.8 Å². The van der Waals surface area contributed by atoms with Crippen molar-refractivity contribution in [1.29, 1.82) is 0 Å². The monoisotopic (exact) mass is 253 g/mol. The van der Waals surface area contributed by atoms with Gasteiger partial charge in [-0.05, 0) is 24.3 Å². The van der Waals surface area contributed by atoms with Crippen LogP contribution in [0.5, 0.6) is 0 Å². The van der Waals surface area contributed by atoms with Crippen LogP contribution in [0.2, 0.25) is 0 Å². The van der Waals surface area contributed by atoms with E-state index in [4.69, 9.17) is 9.84 Å². The van der Waals surface area contributed by atoms with E-state index in [0.29, 0.717) is 18.6 Å². The number of aromatic amines is 1. The summed E-state index contributed by atoms with van der Waals surface area (Å²) < 4.78 is 4.95. The number of aromatic nitrogens is 1. The second-order valence-electron chi connectivity index (χ2n) is 5.03. The summed E-state index contributed by atoms with van der Waals surface area (Å²) in [6.45, 7) is 5.80. The van der Waals surface area contributed by atoms with E-state index >= 15 is 0 Å². The molecule has 0 radical (unpaired) electrons. The second-order valence-corrected chi connectivity index (χ2v) is 5.03. The van der Waals surface area contributed by atoms with E-state index in [9.17, 15) is 9.59 Å². The Morgan fingerprint density at radius 3 is 2.61 bits per heavy atom. The van der Waals surface area contributed by atoms with Crippen LogP contribution >= 0.6 is 0 Å². The van der Waals surface area contributed by atoms with Gasteiger partial charge in [0.2, 0.25) is 0 Å². The van der Waals surface area contributed by atoms with Crippen LogP contribution in [-0.2, 0) is 16.0 Å². The lowest BCUT2D eigenvalue weighted by Gasteiger charge is -2.22. The number of esters is 1. The molecule has 5 nitrogen and oxygen atoms in total. The number of rotatable bonds is 6. The fraction of sp³-hybridized carbons (Fsp3) is 0.538. The smallest absolute Gasteiger partial charge is 0.339 e. The van der Waals surface area contributed by atoms with Crippen LogP contribution in [0.3, 0.4) is 0 Å². The van der Waals surface area contributed by atoms with Gasteiger partial charge in [-0.25, -0.2) is 4.79 Å². The zero-order valence-corrected chi connectivity index (χ0v) is 10.9. The maximum atomic E-state index is 11.7.